The fourth-order valence-electron chi connectivity index (χ4n) is 2.07. The zero-order valence-electron chi connectivity index (χ0n) is 10.3. The molecule has 0 fully saturated rings. The number of carbonyl (C=O) groups excluding carboxylic acids is 1. The fraction of sp³-hybridized carbons (Fsp3) is 0.154. The van der Waals surface area contributed by atoms with Gasteiger partial charge in [0.1, 0.15) is 12.2 Å². The predicted molar refractivity (Wildman–Crippen MR) is 69.3 cm³/mol. The number of amides is 1. The third-order valence-electron chi connectivity index (χ3n) is 2.97. The van der Waals surface area contributed by atoms with Gasteiger partial charge >= 0.3 is 0 Å². The lowest BCUT2D eigenvalue weighted by atomic mass is 10.2. The summed E-state index contributed by atoms with van der Waals surface area (Å²) in [5, 5.41) is 11.2. The van der Waals surface area contributed by atoms with E-state index < -0.39 is 0 Å². The number of hydrogen-bond acceptors (Lipinski definition) is 4. The number of carbonyl (C=O) groups is 1. The second-order valence-electron chi connectivity index (χ2n) is 4.09. The topological polar surface area (TPSA) is 73.0 Å². The van der Waals surface area contributed by atoms with Crippen LogP contribution in [0, 0.1) is 0 Å². The van der Waals surface area contributed by atoms with Crippen LogP contribution in [-0.2, 0) is 11.3 Å². The molecule has 96 valence electrons. The Hall–Kier alpha value is -2.63. The molecule has 1 amide bonds. The Morgan fingerprint density at radius 2 is 2.26 bits per heavy atom. The molecule has 6 nitrogen and oxygen atoms in total. The van der Waals surface area contributed by atoms with Gasteiger partial charge in [-0.25, -0.2) is 0 Å². The molecular formula is C13H12N4O2. The predicted octanol–water partition coefficient (Wildman–Crippen LogP) is 1.44. The largest absolute Gasteiger partial charge is 0.422 e. The van der Waals surface area contributed by atoms with Crippen molar-refractivity contribution < 1.29 is 9.21 Å². The third-order valence-corrected chi connectivity index (χ3v) is 2.97. The molecule has 3 aromatic rings. The summed E-state index contributed by atoms with van der Waals surface area (Å²) in [4.78, 5) is 11.6. The van der Waals surface area contributed by atoms with Gasteiger partial charge in [-0.2, -0.15) is 0 Å². The highest BCUT2D eigenvalue weighted by atomic mass is 16.4. The lowest BCUT2D eigenvalue weighted by Gasteiger charge is -2.07. The third kappa shape index (κ3) is 1.97. The molecule has 6 heteroatoms. The molecule has 0 saturated heterocycles. The van der Waals surface area contributed by atoms with Crippen molar-refractivity contribution in [3.05, 3.63) is 36.7 Å². The molecule has 0 radical (unpaired) electrons. The molecule has 2 aromatic heterocycles. The summed E-state index contributed by atoms with van der Waals surface area (Å²) < 4.78 is 7.09. The van der Waals surface area contributed by atoms with Crippen LogP contribution < -0.4 is 5.32 Å². The van der Waals surface area contributed by atoms with E-state index in [4.69, 9.17) is 4.42 Å². The molecule has 1 N–H and O–H groups in total. The van der Waals surface area contributed by atoms with E-state index in [0.29, 0.717) is 5.89 Å². The van der Waals surface area contributed by atoms with Crippen LogP contribution in [-0.4, -0.2) is 27.7 Å². The number of nitrogens with zero attached hydrogens (tertiary/aromatic N) is 3. The number of para-hydroxylation sites is 1. The van der Waals surface area contributed by atoms with Gasteiger partial charge in [0, 0.05) is 18.0 Å². The standard InChI is InChI=1S/C13H12N4O2/c1-14-12(18)7-17-10-5-3-2-4-9(10)6-11(17)13-16-15-8-19-13/h2-6,8H,7H2,1H3,(H,14,18). The molecule has 19 heavy (non-hydrogen) atoms. The summed E-state index contributed by atoms with van der Waals surface area (Å²) >= 11 is 0. The molecule has 0 bridgehead atoms. The molecule has 2 heterocycles. The van der Waals surface area contributed by atoms with Gasteiger partial charge in [-0.3, -0.25) is 4.79 Å². The molecule has 3 rings (SSSR count). The molecule has 0 spiro atoms. The van der Waals surface area contributed by atoms with Crippen LogP contribution in [0.1, 0.15) is 0 Å². The van der Waals surface area contributed by atoms with E-state index in [1.54, 1.807) is 7.05 Å². The van der Waals surface area contributed by atoms with Crippen molar-refractivity contribution in [2.75, 3.05) is 7.05 Å². The first-order chi connectivity index (χ1) is 9.29. The maximum atomic E-state index is 11.6. The van der Waals surface area contributed by atoms with E-state index >= 15 is 0 Å². The summed E-state index contributed by atoms with van der Waals surface area (Å²) in [6.45, 7) is 0.210. The smallest absolute Gasteiger partial charge is 0.264 e. The Bertz CT molecular complexity index is 715. The first kappa shape index (κ1) is 11.5. The first-order valence-electron chi connectivity index (χ1n) is 5.85. The highest BCUT2D eigenvalue weighted by Crippen LogP contribution is 2.26. The molecule has 0 aliphatic carbocycles. The van der Waals surface area contributed by atoms with Crippen LogP contribution >= 0.6 is 0 Å². The van der Waals surface area contributed by atoms with Crippen LogP contribution in [0.3, 0.4) is 0 Å². The quantitative estimate of drug-likeness (QED) is 0.769. The molecule has 1 aromatic carbocycles. The minimum Gasteiger partial charge on any atom is -0.422 e. The highest BCUT2D eigenvalue weighted by molar-refractivity contribution is 5.88. The Balaban J connectivity index is 2.19. The Kier molecular flexibility index (Phi) is 2.75. The first-order valence-corrected chi connectivity index (χ1v) is 5.85. The Morgan fingerprint density at radius 3 is 3.00 bits per heavy atom. The van der Waals surface area contributed by atoms with Crippen molar-refractivity contribution in [1.82, 2.24) is 20.1 Å². The SMILES string of the molecule is CNC(=O)Cn1c(-c2nnco2)cc2ccccc21. The van der Waals surface area contributed by atoms with Crippen LogP contribution in [0.25, 0.3) is 22.5 Å². The van der Waals surface area contributed by atoms with Gasteiger partial charge in [0.15, 0.2) is 0 Å². The van der Waals surface area contributed by atoms with Crippen molar-refractivity contribution in [2.45, 2.75) is 6.54 Å². The lowest BCUT2D eigenvalue weighted by Crippen LogP contribution is -2.23. The zero-order chi connectivity index (χ0) is 13.2. The molecule has 0 atom stereocenters. The fourth-order valence-corrected chi connectivity index (χ4v) is 2.07. The van der Waals surface area contributed by atoms with Crippen LogP contribution in [0.2, 0.25) is 0 Å². The number of fused-ring (bicyclic) bond motifs is 1. The van der Waals surface area contributed by atoms with Crippen LogP contribution in [0.5, 0.6) is 0 Å². The van der Waals surface area contributed by atoms with E-state index in [1.807, 2.05) is 34.9 Å². The summed E-state index contributed by atoms with van der Waals surface area (Å²) in [6.07, 6.45) is 1.28. The summed E-state index contributed by atoms with van der Waals surface area (Å²) in [5.74, 6) is 0.322. The summed E-state index contributed by atoms with van der Waals surface area (Å²) in [7, 11) is 1.61. The van der Waals surface area contributed by atoms with Gasteiger partial charge in [0.2, 0.25) is 12.3 Å². The normalized spacial score (nSPS) is 10.8. The number of hydrogen-bond donors (Lipinski definition) is 1. The van der Waals surface area contributed by atoms with Crippen LogP contribution in [0.4, 0.5) is 0 Å². The molecule has 0 saturated carbocycles. The maximum absolute atomic E-state index is 11.6. The summed E-state index contributed by atoms with van der Waals surface area (Å²) in [5.41, 5.74) is 1.70. The van der Waals surface area contributed by atoms with Gasteiger partial charge in [-0.15, -0.1) is 10.2 Å². The molecule has 0 aliphatic heterocycles. The number of aromatic nitrogens is 3. The minimum atomic E-state index is -0.0814. The van der Waals surface area contributed by atoms with Gasteiger partial charge in [-0.05, 0) is 12.1 Å². The maximum Gasteiger partial charge on any atom is 0.264 e. The van der Waals surface area contributed by atoms with Crippen molar-refractivity contribution in [1.29, 1.82) is 0 Å². The van der Waals surface area contributed by atoms with E-state index in [0.717, 1.165) is 16.6 Å². The van der Waals surface area contributed by atoms with E-state index in [9.17, 15) is 4.79 Å². The number of likely N-dealkylation sites (N-methyl/N-ethyl adjacent to an activating group) is 1. The molecule has 0 unspecified atom stereocenters. The van der Waals surface area contributed by atoms with E-state index in [-0.39, 0.29) is 12.5 Å². The molecular weight excluding hydrogens is 244 g/mol. The second-order valence-corrected chi connectivity index (χ2v) is 4.09. The van der Waals surface area contributed by atoms with Crippen molar-refractivity contribution >= 4 is 16.8 Å². The highest BCUT2D eigenvalue weighted by Gasteiger charge is 2.15. The second kappa shape index (κ2) is 4.56. The van der Waals surface area contributed by atoms with Crippen molar-refractivity contribution in [3.63, 3.8) is 0 Å². The molecule has 0 aliphatic rings. The number of benzene rings is 1. The Labute approximate surface area is 109 Å². The lowest BCUT2D eigenvalue weighted by molar-refractivity contribution is -0.121. The van der Waals surface area contributed by atoms with Gasteiger partial charge < -0.3 is 14.3 Å². The zero-order valence-corrected chi connectivity index (χ0v) is 10.3. The van der Waals surface area contributed by atoms with Crippen LogP contribution in [0.15, 0.2) is 41.1 Å². The van der Waals surface area contributed by atoms with Gasteiger partial charge in [-0.1, -0.05) is 18.2 Å². The van der Waals surface area contributed by atoms with Crippen molar-refractivity contribution in [3.8, 4) is 11.6 Å². The van der Waals surface area contributed by atoms with E-state index in [2.05, 4.69) is 15.5 Å². The van der Waals surface area contributed by atoms with Gasteiger partial charge in [0.25, 0.3) is 5.89 Å². The average Bonchev–Trinajstić information content (AvgIpc) is 3.06. The minimum absolute atomic E-state index is 0.0814. The average molecular weight is 256 g/mol. The number of nitrogens with one attached hydrogen (secondary N) is 1. The number of rotatable bonds is 3. The Morgan fingerprint density at radius 1 is 1.42 bits per heavy atom. The monoisotopic (exact) mass is 256 g/mol. The van der Waals surface area contributed by atoms with Crippen molar-refractivity contribution in [2.24, 2.45) is 0 Å². The van der Waals surface area contributed by atoms with Gasteiger partial charge in [0.05, 0.1) is 0 Å². The van der Waals surface area contributed by atoms with E-state index in [1.165, 1.54) is 6.39 Å². The summed E-state index contributed by atoms with van der Waals surface area (Å²) in [6, 6.07) is 9.75.